The van der Waals surface area contributed by atoms with Gasteiger partial charge in [-0.05, 0) is 37.0 Å². The Hall–Kier alpha value is -2.54. The lowest BCUT2D eigenvalue weighted by molar-refractivity contribution is 0.285. The first-order valence-corrected chi connectivity index (χ1v) is 9.44. The molecule has 0 spiro atoms. The van der Waals surface area contributed by atoms with Gasteiger partial charge in [0.25, 0.3) is 0 Å². The lowest BCUT2D eigenvalue weighted by atomic mass is 10.2. The highest BCUT2D eigenvalue weighted by Crippen LogP contribution is 2.40. The summed E-state index contributed by atoms with van der Waals surface area (Å²) in [5.74, 6) is 0.620. The predicted molar refractivity (Wildman–Crippen MR) is 99.1 cm³/mol. The van der Waals surface area contributed by atoms with Crippen LogP contribution in [0.5, 0.6) is 0 Å². The van der Waals surface area contributed by atoms with Crippen LogP contribution in [0.15, 0.2) is 36.9 Å². The topological polar surface area (TPSA) is 62.5 Å². The molecule has 1 saturated carbocycles. The number of pyridine rings is 1. The highest BCUT2D eigenvalue weighted by molar-refractivity contribution is 5.68. The van der Waals surface area contributed by atoms with Gasteiger partial charge >= 0.3 is 0 Å². The molecule has 134 valence electrons. The monoisotopic (exact) mass is 349 g/mol. The Labute approximate surface area is 152 Å². The van der Waals surface area contributed by atoms with E-state index in [9.17, 15) is 0 Å². The summed E-state index contributed by atoms with van der Waals surface area (Å²) >= 11 is 0. The van der Waals surface area contributed by atoms with Crippen molar-refractivity contribution < 1.29 is 0 Å². The van der Waals surface area contributed by atoms with Gasteiger partial charge in [0, 0.05) is 51.0 Å². The van der Waals surface area contributed by atoms with Gasteiger partial charge in [0.2, 0.25) is 5.65 Å². The Kier molecular flexibility index (Phi) is 4.01. The molecule has 5 rings (SSSR count). The Morgan fingerprint density at radius 2 is 2.08 bits per heavy atom. The zero-order valence-corrected chi connectivity index (χ0v) is 14.8. The van der Waals surface area contributed by atoms with Crippen LogP contribution in [0, 0.1) is 0 Å². The lowest BCUT2D eigenvalue weighted by Crippen LogP contribution is -2.31. The number of rotatable bonds is 4. The normalized spacial score (nSPS) is 19.0. The van der Waals surface area contributed by atoms with Gasteiger partial charge in [-0.2, -0.15) is 9.61 Å². The third-order valence-corrected chi connectivity index (χ3v) is 5.32. The van der Waals surface area contributed by atoms with E-state index in [4.69, 9.17) is 5.10 Å². The molecule has 1 saturated heterocycles. The quantitative estimate of drug-likeness (QED) is 0.719. The molecule has 0 unspecified atom stereocenters. The van der Waals surface area contributed by atoms with Gasteiger partial charge in [0.1, 0.15) is 6.33 Å². The summed E-state index contributed by atoms with van der Waals surface area (Å²) in [7, 11) is 0. The van der Waals surface area contributed by atoms with Gasteiger partial charge in [-0.1, -0.05) is 6.07 Å². The van der Waals surface area contributed by atoms with Gasteiger partial charge in [-0.15, -0.1) is 10.2 Å². The highest BCUT2D eigenvalue weighted by Gasteiger charge is 2.28. The van der Waals surface area contributed by atoms with E-state index in [2.05, 4.69) is 37.1 Å². The molecule has 0 radical (unpaired) electrons. The van der Waals surface area contributed by atoms with Crippen molar-refractivity contribution in [1.82, 2.24) is 29.7 Å². The molecule has 7 heteroatoms. The van der Waals surface area contributed by atoms with Crippen LogP contribution in [0.4, 0.5) is 5.69 Å². The average Bonchev–Trinajstić information content (AvgIpc) is 3.45. The summed E-state index contributed by atoms with van der Waals surface area (Å²) in [6.45, 7) is 5.15. The summed E-state index contributed by atoms with van der Waals surface area (Å²) < 4.78 is 1.85. The van der Waals surface area contributed by atoms with E-state index in [1.807, 2.05) is 23.0 Å². The molecule has 1 aliphatic carbocycles. The molecule has 0 bridgehead atoms. The highest BCUT2D eigenvalue weighted by atomic mass is 15.4. The minimum absolute atomic E-state index is 0.620. The Morgan fingerprint density at radius 1 is 1.12 bits per heavy atom. The fourth-order valence-corrected chi connectivity index (χ4v) is 3.76. The van der Waals surface area contributed by atoms with Crippen molar-refractivity contribution in [3.05, 3.63) is 48.2 Å². The van der Waals surface area contributed by atoms with E-state index in [0.29, 0.717) is 5.92 Å². The van der Waals surface area contributed by atoms with Crippen LogP contribution in [-0.4, -0.2) is 55.9 Å². The molecule has 26 heavy (non-hydrogen) atoms. The van der Waals surface area contributed by atoms with E-state index >= 15 is 0 Å². The number of hydrogen-bond donors (Lipinski definition) is 0. The zero-order chi connectivity index (χ0) is 17.3. The summed E-state index contributed by atoms with van der Waals surface area (Å²) in [4.78, 5) is 9.21. The van der Waals surface area contributed by atoms with Crippen molar-refractivity contribution in [2.45, 2.75) is 31.7 Å². The van der Waals surface area contributed by atoms with Crippen LogP contribution < -0.4 is 4.90 Å². The first-order chi connectivity index (χ1) is 12.9. The summed E-state index contributed by atoms with van der Waals surface area (Å²) in [6, 6.07) is 6.41. The van der Waals surface area contributed by atoms with Crippen LogP contribution in [0.25, 0.3) is 5.65 Å². The maximum Gasteiger partial charge on any atom is 0.200 e. The van der Waals surface area contributed by atoms with Crippen molar-refractivity contribution in [1.29, 1.82) is 0 Å². The Morgan fingerprint density at radius 3 is 2.92 bits per heavy atom. The maximum atomic E-state index is 4.69. The average molecular weight is 349 g/mol. The second-order valence-electron chi connectivity index (χ2n) is 7.31. The second kappa shape index (κ2) is 6.64. The molecule has 4 heterocycles. The second-order valence-corrected chi connectivity index (χ2v) is 7.31. The van der Waals surface area contributed by atoms with E-state index < -0.39 is 0 Å². The molecule has 0 atom stereocenters. The standard InChI is InChI=1S/C19H23N7/c1-3-15(12-20-6-1)13-24-7-2-8-25(10-9-24)18-11-17(16-4-5-16)23-26-14-21-22-19(18)26/h1,3,6,11-12,14,16H,2,4-5,7-10,13H2. The number of fused-ring (bicyclic) bond motifs is 1. The van der Waals surface area contributed by atoms with Crippen LogP contribution in [-0.2, 0) is 6.54 Å². The van der Waals surface area contributed by atoms with Gasteiger partial charge in [-0.25, -0.2) is 0 Å². The lowest BCUT2D eigenvalue weighted by Gasteiger charge is -2.24. The molecule has 2 aliphatic rings. The fourth-order valence-electron chi connectivity index (χ4n) is 3.76. The summed E-state index contributed by atoms with van der Waals surface area (Å²) in [6.07, 6.45) is 9.16. The molecule has 3 aromatic heterocycles. The molecule has 0 N–H and O–H groups in total. The summed E-state index contributed by atoms with van der Waals surface area (Å²) in [5.41, 5.74) is 4.52. The van der Waals surface area contributed by atoms with Crippen LogP contribution >= 0.6 is 0 Å². The SMILES string of the molecule is c1cncc(CN2CCCN(c3cc(C4CC4)nn4cnnc34)CC2)c1. The van der Waals surface area contributed by atoms with E-state index in [1.165, 1.54) is 29.8 Å². The number of hydrogen-bond acceptors (Lipinski definition) is 6. The Balaban J connectivity index is 1.36. The third kappa shape index (κ3) is 3.14. The van der Waals surface area contributed by atoms with Gasteiger partial charge in [0.15, 0.2) is 0 Å². The molecule has 7 nitrogen and oxygen atoms in total. The van der Waals surface area contributed by atoms with Crippen molar-refractivity contribution in [3.63, 3.8) is 0 Å². The van der Waals surface area contributed by atoms with Crippen molar-refractivity contribution >= 4 is 11.3 Å². The summed E-state index contributed by atoms with van der Waals surface area (Å²) in [5, 5.41) is 13.1. The molecule has 3 aromatic rings. The minimum atomic E-state index is 0.620. The van der Waals surface area contributed by atoms with Gasteiger partial charge in [0.05, 0.1) is 11.4 Å². The van der Waals surface area contributed by atoms with Crippen molar-refractivity contribution in [3.8, 4) is 0 Å². The third-order valence-electron chi connectivity index (χ3n) is 5.32. The first-order valence-electron chi connectivity index (χ1n) is 9.44. The molecular formula is C19H23N7. The largest absolute Gasteiger partial charge is 0.367 e. The molecule has 0 aromatic carbocycles. The fraction of sp³-hybridized carbons (Fsp3) is 0.474. The number of nitrogens with zero attached hydrogens (tertiary/aromatic N) is 7. The zero-order valence-electron chi connectivity index (χ0n) is 14.8. The maximum absolute atomic E-state index is 4.69. The molecular weight excluding hydrogens is 326 g/mol. The van der Waals surface area contributed by atoms with Crippen molar-refractivity contribution in [2.75, 3.05) is 31.1 Å². The predicted octanol–water partition coefficient (Wildman–Crippen LogP) is 2.11. The van der Waals surface area contributed by atoms with E-state index in [-0.39, 0.29) is 0 Å². The van der Waals surface area contributed by atoms with Crippen LogP contribution in [0.3, 0.4) is 0 Å². The first kappa shape index (κ1) is 15.7. The molecule has 1 aliphatic heterocycles. The van der Waals surface area contributed by atoms with E-state index in [1.54, 1.807) is 6.33 Å². The van der Waals surface area contributed by atoms with Gasteiger partial charge < -0.3 is 4.90 Å². The Bertz CT molecular complexity index is 887. The number of aromatic nitrogens is 5. The minimum Gasteiger partial charge on any atom is -0.367 e. The number of anilines is 1. The van der Waals surface area contributed by atoms with Crippen molar-refractivity contribution in [2.24, 2.45) is 0 Å². The van der Waals surface area contributed by atoms with E-state index in [0.717, 1.165) is 44.8 Å². The van der Waals surface area contributed by atoms with Crippen LogP contribution in [0.1, 0.15) is 36.4 Å². The molecule has 0 amide bonds. The smallest absolute Gasteiger partial charge is 0.200 e. The van der Waals surface area contributed by atoms with Crippen LogP contribution in [0.2, 0.25) is 0 Å². The van der Waals surface area contributed by atoms with Gasteiger partial charge in [-0.3, -0.25) is 9.88 Å². The molecule has 2 fully saturated rings.